The first-order chi connectivity index (χ1) is 13.6. The lowest BCUT2D eigenvalue weighted by atomic mass is 10.2. The first kappa shape index (κ1) is 20.3. The van der Waals surface area contributed by atoms with Gasteiger partial charge in [0, 0.05) is 21.4 Å². The molecule has 3 nitrogen and oxygen atoms in total. The van der Waals surface area contributed by atoms with Crippen molar-refractivity contribution in [2.24, 2.45) is 0 Å². The predicted molar refractivity (Wildman–Crippen MR) is 117 cm³/mol. The highest BCUT2D eigenvalue weighted by molar-refractivity contribution is 7.98. The van der Waals surface area contributed by atoms with Gasteiger partial charge in [0.2, 0.25) is 0 Å². The topological polar surface area (TPSA) is 38.3 Å². The van der Waals surface area contributed by atoms with E-state index in [-0.39, 0.29) is 5.91 Å². The van der Waals surface area contributed by atoms with Crippen molar-refractivity contribution in [2.45, 2.75) is 30.1 Å². The Morgan fingerprint density at radius 1 is 1.00 bits per heavy atom. The van der Waals surface area contributed by atoms with Crippen LogP contribution in [0, 0.1) is 0 Å². The summed E-state index contributed by atoms with van der Waals surface area (Å²) < 4.78 is 5.79. The summed E-state index contributed by atoms with van der Waals surface area (Å²) in [6.07, 6.45) is 0.00904. The van der Waals surface area contributed by atoms with E-state index in [4.69, 9.17) is 16.3 Å². The molecular weight excluding hydrogens is 390 g/mol. The van der Waals surface area contributed by atoms with Crippen molar-refractivity contribution < 1.29 is 9.53 Å². The third kappa shape index (κ3) is 6.04. The number of ether oxygens (including phenoxy) is 1. The lowest BCUT2D eigenvalue weighted by molar-refractivity contribution is -0.122. The van der Waals surface area contributed by atoms with E-state index in [9.17, 15) is 4.79 Å². The lowest BCUT2D eigenvalue weighted by Gasteiger charge is -2.17. The third-order valence-electron chi connectivity index (χ3n) is 4.13. The van der Waals surface area contributed by atoms with Gasteiger partial charge in [-0.1, -0.05) is 48.9 Å². The van der Waals surface area contributed by atoms with Gasteiger partial charge in [0.1, 0.15) is 5.75 Å². The average Bonchev–Trinajstić information content (AvgIpc) is 2.73. The molecule has 0 heterocycles. The van der Waals surface area contributed by atoms with Crippen LogP contribution < -0.4 is 10.1 Å². The van der Waals surface area contributed by atoms with E-state index < -0.39 is 6.10 Å². The van der Waals surface area contributed by atoms with E-state index in [2.05, 4.69) is 17.4 Å². The number of nitrogens with one attached hydrogen (secondary N) is 1. The number of carbonyl (C=O) groups is 1. The summed E-state index contributed by atoms with van der Waals surface area (Å²) in [5, 5.41) is 3.56. The highest BCUT2D eigenvalue weighted by atomic mass is 35.5. The Hall–Kier alpha value is -2.43. The predicted octanol–water partition coefficient (Wildman–Crippen LogP) is 6.43. The Bertz CT molecular complexity index is 883. The van der Waals surface area contributed by atoms with Gasteiger partial charge in [-0.15, -0.1) is 11.8 Å². The molecular formula is C23H22ClNO2S. The van der Waals surface area contributed by atoms with Gasteiger partial charge in [-0.3, -0.25) is 4.79 Å². The van der Waals surface area contributed by atoms with Crippen LogP contribution in [0.1, 0.15) is 18.9 Å². The van der Waals surface area contributed by atoms with E-state index in [0.29, 0.717) is 17.2 Å². The summed E-state index contributed by atoms with van der Waals surface area (Å²) in [6, 6.07) is 25.2. The number of hydrogen-bond acceptors (Lipinski definition) is 3. The van der Waals surface area contributed by atoms with Crippen molar-refractivity contribution in [1.82, 2.24) is 0 Å². The fraction of sp³-hybridized carbons (Fsp3) is 0.174. The standard InChI is InChI=1S/C23H22ClNO2S/c1-2-22(27-20-14-10-18(24)11-15-20)23(26)25-19-12-8-17(9-13-19)16-28-21-6-4-3-5-7-21/h3-15,22H,2,16H2,1H3,(H,25,26)/t22-/m1/s1. The molecule has 0 aliphatic rings. The summed E-state index contributed by atoms with van der Waals surface area (Å²) in [7, 11) is 0. The Morgan fingerprint density at radius 3 is 2.32 bits per heavy atom. The average molecular weight is 412 g/mol. The quantitative estimate of drug-likeness (QED) is 0.434. The summed E-state index contributed by atoms with van der Waals surface area (Å²) in [5.74, 6) is 1.35. The minimum atomic E-state index is -0.561. The first-order valence-corrected chi connectivity index (χ1v) is 10.5. The Balaban J connectivity index is 1.54. The smallest absolute Gasteiger partial charge is 0.265 e. The second kappa shape index (κ2) is 10.2. The highest BCUT2D eigenvalue weighted by Crippen LogP contribution is 2.23. The zero-order valence-corrected chi connectivity index (χ0v) is 17.2. The number of rotatable bonds is 8. The van der Waals surface area contributed by atoms with Gasteiger partial charge in [-0.2, -0.15) is 0 Å². The number of amides is 1. The van der Waals surface area contributed by atoms with E-state index in [1.54, 1.807) is 36.0 Å². The molecule has 0 aliphatic carbocycles. The normalized spacial score (nSPS) is 11.6. The second-order valence-corrected chi connectivity index (χ2v) is 7.74. The van der Waals surface area contributed by atoms with Crippen molar-refractivity contribution in [3.8, 4) is 5.75 Å². The van der Waals surface area contributed by atoms with Crippen LogP contribution in [0.25, 0.3) is 0 Å². The zero-order chi connectivity index (χ0) is 19.8. The van der Waals surface area contributed by atoms with Crippen molar-refractivity contribution >= 4 is 35.0 Å². The minimum absolute atomic E-state index is 0.163. The molecule has 0 aromatic heterocycles. The molecule has 0 unspecified atom stereocenters. The van der Waals surface area contributed by atoms with Gasteiger partial charge < -0.3 is 10.1 Å². The maximum absolute atomic E-state index is 12.5. The second-order valence-electron chi connectivity index (χ2n) is 6.26. The molecule has 0 radical (unpaired) electrons. The molecule has 1 amide bonds. The molecule has 5 heteroatoms. The van der Waals surface area contributed by atoms with Crippen LogP contribution in [-0.2, 0) is 10.5 Å². The van der Waals surface area contributed by atoms with Crippen LogP contribution in [0.4, 0.5) is 5.69 Å². The number of anilines is 1. The Kier molecular flexibility index (Phi) is 7.40. The monoisotopic (exact) mass is 411 g/mol. The molecule has 0 saturated carbocycles. The fourth-order valence-corrected chi connectivity index (χ4v) is 3.59. The van der Waals surface area contributed by atoms with E-state index >= 15 is 0 Å². The molecule has 3 aromatic rings. The molecule has 3 aromatic carbocycles. The lowest BCUT2D eigenvalue weighted by Crippen LogP contribution is -2.32. The SMILES string of the molecule is CC[C@@H](Oc1ccc(Cl)cc1)C(=O)Nc1ccc(CSc2ccccc2)cc1. The Labute approximate surface area is 175 Å². The van der Waals surface area contributed by atoms with Gasteiger partial charge in [-0.25, -0.2) is 0 Å². The largest absolute Gasteiger partial charge is 0.481 e. The van der Waals surface area contributed by atoms with Crippen LogP contribution in [0.3, 0.4) is 0 Å². The number of carbonyl (C=O) groups excluding carboxylic acids is 1. The van der Waals surface area contributed by atoms with Gasteiger partial charge in [0.15, 0.2) is 6.10 Å². The molecule has 0 fully saturated rings. The highest BCUT2D eigenvalue weighted by Gasteiger charge is 2.18. The fourth-order valence-electron chi connectivity index (χ4n) is 2.59. The van der Waals surface area contributed by atoms with Crippen LogP contribution in [0.5, 0.6) is 5.75 Å². The van der Waals surface area contributed by atoms with Gasteiger partial charge >= 0.3 is 0 Å². The van der Waals surface area contributed by atoms with E-state index in [0.717, 1.165) is 11.4 Å². The van der Waals surface area contributed by atoms with Crippen molar-refractivity contribution in [1.29, 1.82) is 0 Å². The minimum Gasteiger partial charge on any atom is -0.481 e. The summed E-state index contributed by atoms with van der Waals surface area (Å²) >= 11 is 7.67. The van der Waals surface area contributed by atoms with Gasteiger partial charge in [0.25, 0.3) is 5.91 Å². The molecule has 0 spiro atoms. The van der Waals surface area contributed by atoms with Crippen LogP contribution >= 0.6 is 23.4 Å². The van der Waals surface area contributed by atoms with Crippen LogP contribution in [0.15, 0.2) is 83.8 Å². The molecule has 28 heavy (non-hydrogen) atoms. The summed E-state index contributed by atoms with van der Waals surface area (Å²) in [4.78, 5) is 13.8. The molecule has 0 bridgehead atoms. The molecule has 0 aliphatic heterocycles. The third-order valence-corrected chi connectivity index (χ3v) is 5.46. The van der Waals surface area contributed by atoms with Crippen LogP contribution in [-0.4, -0.2) is 12.0 Å². The van der Waals surface area contributed by atoms with Gasteiger partial charge in [-0.05, 0) is 60.5 Å². The molecule has 1 atom stereocenters. The van der Waals surface area contributed by atoms with Crippen LogP contribution in [0.2, 0.25) is 5.02 Å². The molecule has 1 N–H and O–H groups in total. The maximum Gasteiger partial charge on any atom is 0.265 e. The first-order valence-electron chi connectivity index (χ1n) is 9.14. The summed E-state index contributed by atoms with van der Waals surface area (Å²) in [5.41, 5.74) is 1.97. The molecule has 144 valence electrons. The number of thioether (sulfide) groups is 1. The Morgan fingerprint density at radius 2 is 1.68 bits per heavy atom. The number of benzene rings is 3. The summed E-state index contributed by atoms with van der Waals surface area (Å²) in [6.45, 7) is 1.92. The van der Waals surface area contributed by atoms with Crippen molar-refractivity contribution in [3.05, 3.63) is 89.4 Å². The van der Waals surface area contributed by atoms with E-state index in [1.807, 2.05) is 49.4 Å². The number of hydrogen-bond donors (Lipinski definition) is 1. The van der Waals surface area contributed by atoms with Crippen molar-refractivity contribution in [3.63, 3.8) is 0 Å². The van der Waals surface area contributed by atoms with Gasteiger partial charge in [0.05, 0.1) is 0 Å². The zero-order valence-electron chi connectivity index (χ0n) is 15.6. The molecule has 3 rings (SSSR count). The van der Waals surface area contributed by atoms with E-state index in [1.165, 1.54) is 10.5 Å². The van der Waals surface area contributed by atoms with Crippen molar-refractivity contribution in [2.75, 3.05) is 5.32 Å². The maximum atomic E-state index is 12.5. The number of halogens is 1. The molecule has 0 saturated heterocycles.